The lowest BCUT2D eigenvalue weighted by Gasteiger charge is -2.15. The molecule has 0 saturated heterocycles. The van der Waals surface area contributed by atoms with Crippen LogP contribution >= 0.6 is 0 Å². The average molecular weight is 211 g/mol. The van der Waals surface area contributed by atoms with Crippen molar-refractivity contribution in [1.82, 2.24) is 0 Å². The molecule has 15 heavy (non-hydrogen) atoms. The van der Waals surface area contributed by atoms with Crippen molar-refractivity contribution in [2.75, 3.05) is 7.11 Å². The predicted molar refractivity (Wildman–Crippen MR) is 59.3 cm³/mol. The summed E-state index contributed by atoms with van der Waals surface area (Å²) in [5, 5.41) is 0. The van der Waals surface area contributed by atoms with Crippen molar-refractivity contribution < 1.29 is 9.13 Å². The molecule has 1 aromatic rings. The lowest BCUT2D eigenvalue weighted by molar-refractivity contribution is 0.385. The smallest absolute Gasteiger partial charge is 0.165 e. The minimum atomic E-state index is -0.353. The summed E-state index contributed by atoms with van der Waals surface area (Å²) in [6.07, 6.45) is 0.853. The molecule has 1 atom stereocenters. The zero-order valence-corrected chi connectivity index (χ0v) is 9.46. The SMILES string of the molecule is COc1ccc([C@H](N)CC(C)C)cc1F. The number of hydrogen-bond acceptors (Lipinski definition) is 2. The third kappa shape index (κ3) is 3.20. The number of rotatable bonds is 4. The Morgan fingerprint density at radius 2 is 2.07 bits per heavy atom. The van der Waals surface area contributed by atoms with Crippen LogP contribution in [0.25, 0.3) is 0 Å². The first-order valence-corrected chi connectivity index (χ1v) is 5.13. The molecule has 2 N–H and O–H groups in total. The number of benzene rings is 1. The zero-order valence-electron chi connectivity index (χ0n) is 9.46. The Kier molecular flexibility index (Phi) is 4.09. The Hall–Kier alpha value is -1.09. The van der Waals surface area contributed by atoms with Gasteiger partial charge in [0.15, 0.2) is 11.6 Å². The van der Waals surface area contributed by atoms with E-state index in [4.69, 9.17) is 10.5 Å². The summed E-state index contributed by atoms with van der Waals surface area (Å²) in [6.45, 7) is 4.19. The van der Waals surface area contributed by atoms with Gasteiger partial charge in [-0.1, -0.05) is 19.9 Å². The Morgan fingerprint density at radius 1 is 1.40 bits per heavy atom. The van der Waals surface area contributed by atoms with Crippen LogP contribution in [0.3, 0.4) is 0 Å². The highest BCUT2D eigenvalue weighted by Gasteiger charge is 2.11. The van der Waals surface area contributed by atoms with Gasteiger partial charge in [-0.05, 0) is 30.0 Å². The third-order valence-corrected chi connectivity index (χ3v) is 2.33. The van der Waals surface area contributed by atoms with Crippen molar-refractivity contribution in [3.63, 3.8) is 0 Å². The van der Waals surface area contributed by atoms with Crippen LogP contribution in [0.5, 0.6) is 5.75 Å². The van der Waals surface area contributed by atoms with Crippen molar-refractivity contribution in [2.24, 2.45) is 11.7 Å². The molecule has 0 bridgehead atoms. The van der Waals surface area contributed by atoms with Gasteiger partial charge in [0.05, 0.1) is 7.11 Å². The van der Waals surface area contributed by atoms with Gasteiger partial charge in [-0.2, -0.15) is 0 Å². The largest absolute Gasteiger partial charge is 0.494 e. The molecule has 1 aromatic carbocycles. The molecular formula is C12H18FNO. The molecule has 84 valence electrons. The van der Waals surface area contributed by atoms with Crippen molar-refractivity contribution in [1.29, 1.82) is 0 Å². The zero-order chi connectivity index (χ0) is 11.4. The second-order valence-electron chi connectivity index (χ2n) is 4.13. The van der Waals surface area contributed by atoms with Crippen LogP contribution in [-0.2, 0) is 0 Å². The van der Waals surface area contributed by atoms with E-state index < -0.39 is 0 Å². The molecule has 0 aliphatic rings. The lowest BCUT2D eigenvalue weighted by atomic mass is 9.98. The first kappa shape index (κ1) is 12.0. The van der Waals surface area contributed by atoms with E-state index in [1.807, 2.05) is 6.07 Å². The van der Waals surface area contributed by atoms with Gasteiger partial charge in [-0.25, -0.2) is 4.39 Å². The standard InChI is InChI=1S/C12H18FNO/c1-8(2)6-11(14)9-4-5-12(15-3)10(13)7-9/h4-5,7-8,11H,6,14H2,1-3H3/t11-/m1/s1. The molecule has 0 aromatic heterocycles. The molecule has 3 heteroatoms. The summed E-state index contributed by atoms with van der Waals surface area (Å²) in [4.78, 5) is 0. The molecule has 0 amide bonds. The Balaban J connectivity index is 2.82. The number of halogens is 1. The van der Waals surface area contributed by atoms with Gasteiger partial charge in [0, 0.05) is 6.04 Å². The number of hydrogen-bond donors (Lipinski definition) is 1. The quantitative estimate of drug-likeness (QED) is 0.831. The van der Waals surface area contributed by atoms with Gasteiger partial charge >= 0.3 is 0 Å². The maximum atomic E-state index is 13.4. The van der Waals surface area contributed by atoms with Crippen molar-refractivity contribution in [3.05, 3.63) is 29.6 Å². The van der Waals surface area contributed by atoms with E-state index in [0.29, 0.717) is 5.92 Å². The number of nitrogens with two attached hydrogens (primary N) is 1. The second kappa shape index (κ2) is 5.12. The van der Waals surface area contributed by atoms with Crippen LogP contribution in [-0.4, -0.2) is 7.11 Å². The summed E-state index contributed by atoms with van der Waals surface area (Å²) < 4.78 is 18.2. The molecule has 0 fully saturated rings. The van der Waals surface area contributed by atoms with Crippen molar-refractivity contribution in [3.8, 4) is 5.75 Å². The minimum absolute atomic E-state index is 0.106. The van der Waals surface area contributed by atoms with Gasteiger partial charge in [-0.15, -0.1) is 0 Å². The van der Waals surface area contributed by atoms with Gasteiger partial charge in [-0.3, -0.25) is 0 Å². The van der Waals surface area contributed by atoms with Crippen LogP contribution in [0.4, 0.5) is 4.39 Å². The molecule has 0 spiro atoms. The molecule has 2 nitrogen and oxygen atoms in total. The van der Waals surface area contributed by atoms with Crippen LogP contribution in [0.2, 0.25) is 0 Å². The fourth-order valence-corrected chi connectivity index (χ4v) is 1.56. The van der Waals surface area contributed by atoms with Gasteiger partial charge in [0.1, 0.15) is 0 Å². The molecule has 0 aliphatic carbocycles. The van der Waals surface area contributed by atoms with E-state index in [9.17, 15) is 4.39 Å². The van der Waals surface area contributed by atoms with Gasteiger partial charge < -0.3 is 10.5 Å². The molecule has 0 unspecified atom stereocenters. The molecule has 0 radical (unpaired) electrons. The van der Waals surface area contributed by atoms with Gasteiger partial charge in [0.25, 0.3) is 0 Å². The Morgan fingerprint density at radius 3 is 2.53 bits per heavy atom. The van der Waals surface area contributed by atoms with Crippen LogP contribution in [0, 0.1) is 11.7 Å². The first-order chi connectivity index (χ1) is 7.04. The maximum absolute atomic E-state index is 13.4. The van der Waals surface area contributed by atoms with E-state index in [-0.39, 0.29) is 17.6 Å². The Labute approximate surface area is 90.2 Å². The highest BCUT2D eigenvalue weighted by molar-refractivity contribution is 5.30. The maximum Gasteiger partial charge on any atom is 0.165 e. The third-order valence-electron chi connectivity index (χ3n) is 2.33. The summed E-state index contributed by atoms with van der Waals surface area (Å²) in [5.74, 6) is 0.412. The van der Waals surface area contributed by atoms with E-state index in [0.717, 1.165) is 12.0 Å². The van der Waals surface area contributed by atoms with Crippen molar-refractivity contribution in [2.45, 2.75) is 26.3 Å². The molecule has 0 aliphatic heterocycles. The summed E-state index contributed by atoms with van der Waals surface area (Å²) in [7, 11) is 1.45. The second-order valence-corrected chi connectivity index (χ2v) is 4.13. The topological polar surface area (TPSA) is 35.2 Å². The monoisotopic (exact) mass is 211 g/mol. The lowest BCUT2D eigenvalue weighted by Crippen LogP contribution is -2.13. The van der Waals surface area contributed by atoms with E-state index in [1.165, 1.54) is 13.2 Å². The van der Waals surface area contributed by atoms with Gasteiger partial charge in [0.2, 0.25) is 0 Å². The first-order valence-electron chi connectivity index (χ1n) is 5.13. The minimum Gasteiger partial charge on any atom is -0.494 e. The van der Waals surface area contributed by atoms with Crippen molar-refractivity contribution >= 4 is 0 Å². The summed E-state index contributed by atoms with van der Waals surface area (Å²) >= 11 is 0. The highest BCUT2D eigenvalue weighted by Crippen LogP contribution is 2.24. The fraction of sp³-hybridized carbons (Fsp3) is 0.500. The number of methoxy groups -OCH3 is 1. The molecule has 0 saturated carbocycles. The fourth-order valence-electron chi connectivity index (χ4n) is 1.56. The number of ether oxygens (including phenoxy) is 1. The van der Waals surface area contributed by atoms with E-state index >= 15 is 0 Å². The highest BCUT2D eigenvalue weighted by atomic mass is 19.1. The summed E-state index contributed by atoms with van der Waals surface area (Å²) in [6, 6.07) is 4.77. The predicted octanol–water partition coefficient (Wildman–Crippen LogP) is 2.88. The molecular weight excluding hydrogens is 193 g/mol. The van der Waals surface area contributed by atoms with Crippen LogP contribution in [0.1, 0.15) is 31.9 Å². The van der Waals surface area contributed by atoms with Crippen LogP contribution in [0.15, 0.2) is 18.2 Å². The van der Waals surface area contributed by atoms with E-state index in [2.05, 4.69) is 13.8 Å². The Bertz CT molecular complexity index is 325. The normalized spacial score (nSPS) is 12.9. The molecule has 1 rings (SSSR count). The van der Waals surface area contributed by atoms with E-state index in [1.54, 1.807) is 6.07 Å². The molecule has 0 heterocycles. The van der Waals surface area contributed by atoms with Crippen LogP contribution < -0.4 is 10.5 Å². The average Bonchev–Trinajstić information content (AvgIpc) is 2.16. The summed E-state index contributed by atoms with van der Waals surface area (Å²) in [5.41, 5.74) is 6.77.